The summed E-state index contributed by atoms with van der Waals surface area (Å²) in [6, 6.07) is 0. The minimum absolute atomic E-state index is 0.0465. The maximum atomic E-state index is 12.4. The molecule has 9 heteroatoms. The van der Waals surface area contributed by atoms with E-state index in [-0.39, 0.29) is 69.7 Å². The first-order valence-corrected chi connectivity index (χ1v) is 17.4. The summed E-state index contributed by atoms with van der Waals surface area (Å²) >= 11 is 0. The van der Waals surface area contributed by atoms with Gasteiger partial charge in [0.05, 0.1) is 30.5 Å². The first-order chi connectivity index (χ1) is 20.4. The molecular formula is C35H56O9. The highest BCUT2D eigenvalue weighted by molar-refractivity contribution is 5.34. The molecule has 0 aromatic heterocycles. The number of hydrogen-bond acceptors (Lipinski definition) is 9. The highest BCUT2D eigenvalue weighted by Gasteiger charge is 2.87. The van der Waals surface area contributed by atoms with Crippen LogP contribution in [0.5, 0.6) is 0 Å². The molecule has 44 heavy (non-hydrogen) atoms. The van der Waals surface area contributed by atoms with Gasteiger partial charge in [0.25, 0.3) is 0 Å². The van der Waals surface area contributed by atoms with Gasteiger partial charge in [0.2, 0.25) is 0 Å². The van der Waals surface area contributed by atoms with Crippen molar-refractivity contribution in [3.05, 3.63) is 0 Å². The molecule has 0 amide bonds. The summed E-state index contributed by atoms with van der Waals surface area (Å²) in [5, 5.41) is 54.2. The Morgan fingerprint density at radius 2 is 1.52 bits per heavy atom. The van der Waals surface area contributed by atoms with Crippen molar-refractivity contribution in [2.75, 3.05) is 6.61 Å². The second-order valence-corrected chi connectivity index (χ2v) is 18.4. The van der Waals surface area contributed by atoms with Crippen molar-refractivity contribution in [3.8, 4) is 0 Å². The fraction of sp³-hybridized carbons (Fsp3) is 1.00. The van der Waals surface area contributed by atoms with Crippen molar-refractivity contribution in [3.63, 3.8) is 0 Å². The number of hydrogen-bond donors (Lipinski definition) is 5. The summed E-state index contributed by atoms with van der Waals surface area (Å²) in [7, 11) is 0. The quantitative estimate of drug-likeness (QED) is 0.301. The van der Waals surface area contributed by atoms with Crippen LogP contribution < -0.4 is 0 Å². The maximum Gasteiger partial charge on any atom is 0.186 e. The average molecular weight is 621 g/mol. The Kier molecular flexibility index (Phi) is 6.33. The third-order valence-electron chi connectivity index (χ3n) is 15.7. The first kappa shape index (κ1) is 30.9. The molecule has 250 valence electrons. The van der Waals surface area contributed by atoms with Crippen molar-refractivity contribution >= 4 is 0 Å². The largest absolute Gasteiger partial charge is 0.393 e. The predicted octanol–water partition coefficient (Wildman–Crippen LogP) is 3.12. The van der Waals surface area contributed by atoms with Gasteiger partial charge in [-0.1, -0.05) is 34.6 Å². The fourth-order valence-electron chi connectivity index (χ4n) is 14.0. The zero-order valence-electron chi connectivity index (χ0n) is 27.7. The molecule has 0 unspecified atom stereocenters. The topological polar surface area (TPSA) is 138 Å². The van der Waals surface area contributed by atoms with Gasteiger partial charge in [-0.2, -0.15) is 0 Å². The van der Waals surface area contributed by atoms with E-state index in [1.807, 2.05) is 13.8 Å². The lowest BCUT2D eigenvalue weighted by molar-refractivity contribution is -0.304. The van der Waals surface area contributed by atoms with E-state index in [1.54, 1.807) is 0 Å². The standard InChI is InChI=1S/C35H56O9/c1-17-12-20-27(30(4,5)40)44-35(43-20)15-32(7)26-18(36)13-21-29(2,3)22(42-28-24(39)23(38)19(37)14-41-28)8-9-33(21)16-34(26,33)11-10-31(32,6)25(17)35/h17-28,36-40H,8-16H2,1-7H3/t17-,18+,19+,20-,21-,22-,23+,24+,25+,26+,27-,28+,31-,32+,33-,34+,35-/m1/s1. The normalized spacial score (nSPS) is 62.2. The summed E-state index contributed by atoms with van der Waals surface area (Å²) in [5.74, 6) is 0.319. The lowest BCUT2D eigenvalue weighted by Gasteiger charge is -2.64. The van der Waals surface area contributed by atoms with Gasteiger partial charge in [-0.25, -0.2) is 0 Å². The van der Waals surface area contributed by atoms with Gasteiger partial charge < -0.3 is 44.5 Å². The van der Waals surface area contributed by atoms with E-state index < -0.39 is 42.1 Å². The van der Waals surface area contributed by atoms with Crippen molar-refractivity contribution < 1.29 is 44.5 Å². The van der Waals surface area contributed by atoms with Crippen LogP contribution in [0.3, 0.4) is 0 Å². The summed E-state index contributed by atoms with van der Waals surface area (Å²) in [6.07, 6.45) is 1.70. The second kappa shape index (κ2) is 9.00. The Bertz CT molecular complexity index is 1200. The summed E-state index contributed by atoms with van der Waals surface area (Å²) in [6.45, 7) is 15.4. The van der Waals surface area contributed by atoms with Gasteiger partial charge in [0, 0.05) is 12.3 Å². The Morgan fingerprint density at radius 1 is 0.795 bits per heavy atom. The predicted molar refractivity (Wildman–Crippen MR) is 159 cm³/mol. The maximum absolute atomic E-state index is 12.4. The third-order valence-corrected chi connectivity index (χ3v) is 15.7. The van der Waals surface area contributed by atoms with Gasteiger partial charge in [-0.15, -0.1) is 0 Å². The molecule has 3 saturated heterocycles. The van der Waals surface area contributed by atoms with Crippen molar-refractivity contribution in [2.24, 2.45) is 50.7 Å². The smallest absolute Gasteiger partial charge is 0.186 e. The third kappa shape index (κ3) is 3.53. The number of ether oxygens (including phenoxy) is 4. The van der Waals surface area contributed by atoms with E-state index in [0.29, 0.717) is 12.3 Å². The minimum Gasteiger partial charge on any atom is -0.393 e. The molecule has 5 N–H and O–H groups in total. The molecule has 8 aliphatic rings. The van der Waals surface area contributed by atoms with Gasteiger partial charge in [-0.05, 0) is 104 Å². The molecule has 0 aromatic rings. The monoisotopic (exact) mass is 620 g/mol. The van der Waals surface area contributed by atoms with Crippen LogP contribution in [0.4, 0.5) is 0 Å². The van der Waals surface area contributed by atoms with Crippen LogP contribution in [0.2, 0.25) is 0 Å². The average Bonchev–Trinajstić information content (AvgIpc) is 3.38. The van der Waals surface area contributed by atoms with Gasteiger partial charge >= 0.3 is 0 Å². The van der Waals surface area contributed by atoms with E-state index in [0.717, 1.165) is 44.9 Å². The van der Waals surface area contributed by atoms with Crippen molar-refractivity contribution in [1.29, 1.82) is 0 Å². The molecule has 5 aliphatic carbocycles. The Morgan fingerprint density at radius 3 is 2.23 bits per heavy atom. The molecule has 0 radical (unpaired) electrons. The SMILES string of the molecule is C[C@@H]1C[C@H]2O[C@]3(C[C@@]4(C)[C@@H]5[C@@H](O)C[C@@H]6C(C)(C)[C@H](O[C@@H]7OC[C@H](O)[C@H](O)[C@@H]7O)CC[C@@]67C[C@@]57CC[C@]4(C)[C@H]13)O[C@H]2C(C)(C)O. The summed E-state index contributed by atoms with van der Waals surface area (Å²) < 4.78 is 25.9. The molecule has 5 saturated carbocycles. The molecular weight excluding hydrogens is 564 g/mol. The van der Waals surface area contributed by atoms with Crippen molar-refractivity contribution in [1.82, 2.24) is 0 Å². The lowest BCUT2D eigenvalue weighted by atomic mass is 9.41. The van der Waals surface area contributed by atoms with Crippen LogP contribution in [0.15, 0.2) is 0 Å². The van der Waals surface area contributed by atoms with Crippen LogP contribution in [-0.4, -0.2) is 92.5 Å². The van der Waals surface area contributed by atoms with Crippen LogP contribution >= 0.6 is 0 Å². The lowest BCUT2D eigenvalue weighted by Crippen LogP contribution is -2.63. The highest BCUT2D eigenvalue weighted by atomic mass is 16.8. The number of fused-ring (bicyclic) bond motifs is 4. The van der Waals surface area contributed by atoms with Gasteiger partial charge in [0.1, 0.15) is 24.4 Å². The fourth-order valence-corrected chi connectivity index (χ4v) is 14.0. The molecule has 3 heterocycles. The van der Waals surface area contributed by atoms with Gasteiger partial charge in [-0.3, -0.25) is 0 Å². The summed E-state index contributed by atoms with van der Waals surface area (Å²) in [4.78, 5) is 0. The zero-order chi connectivity index (χ0) is 31.6. The molecule has 0 aromatic carbocycles. The van der Waals surface area contributed by atoms with Crippen LogP contribution in [-0.2, 0) is 18.9 Å². The van der Waals surface area contributed by atoms with E-state index in [4.69, 9.17) is 18.9 Å². The Balaban J connectivity index is 1.10. The van der Waals surface area contributed by atoms with Gasteiger partial charge in [0.15, 0.2) is 12.1 Å². The summed E-state index contributed by atoms with van der Waals surface area (Å²) in [5.41, 5.74) is -1.28. The molecule has 17 atom stereocenters. The number of aliphatic hydroxyl groups excluding tert-OH is 4. The highest BCUT2D eigenvalue weighted by Crippen LogP contribution is 2.90. The van der Waals surface area contributed by atoms with E-state index in [1.165, 1.54) is 0 Å². The van der Waals surface area contributed by atoms with Crippen molar-refractivity contribution in [2.45, 2.75) is 160 Å². The molecule has 8 rings (SSSR count). The Hall–Kier alpha value is -0.360. The minimum atomic E-state index is -1.31. The molecule has 8 fully saturated rings. The van der Waals surface area contributed by atoms with E-state index in [2.05, 4.69) is 34.6 Å². The van der Waals surface area contributed by atoms with E-state index in [9.17, 15) is 25.5 Å². The molecule has 2 bridgehead atoms. The van der Waals surface area contributed by atoms with Crippen LogP contribution in [0.1, 0.15) is 99.8 Å². The molecule has 3 spiro atoms. The van der Waals surface area contributed by atoms with Crippen LogP contribution in [0, 0.1) is 50.7 Å². The molecule has 9 nitrogen and oxygen atoms in total. The van der Waals surface area contributed by atoms with Crippen LogP contribution in [0.25, 0.3) is 0 Å². The first-order valence-electron chi connectivity index (χ1n) is 17.4. The molecule has 3 aliphatic heterocycles. The second-order valence-electron chi connectivity index (χ2n) is 18.4. The zero-order valence-corrected chi connectivity index (χ0v) is 27.7. The van der Waals surface area contributed by atoms with E-state index >= 15 is 0 Å². The number of rotatable bonds is 3. The number of aliphatic hydroxyl groups is 5. The Labute approximate surface area is 262 Å².